The molecule has 0 fully saturated rings. The number of hydrogen-bond donors (Lipinski definition) is 1. The maximum atomic E-state index is 12.9. The van der Waals surface area contributed by atoms with Crippen molar-refractivity contribution in [2.24, 2.45) is 0 Å². The predicted octanol–water partition coefficient (Wildman–Crippen LogP) is 3.42. The van der Waals surface area contributed by atoms with Crippen molar-refractivity contribution in [3.8, 4) is 0 Å². The standard InChI is InChI=1S/C14H13BrF3NO4/c1-7-9(15)4-8(14(16,17)18)5-10(7)19-11(13(21)23-3)6-12(20)22-2/h4-6,19H,1-3H3/b11-6+. The van der Waals surface area contributed by atoms with E-state index in [1.807, 2.05) is 0 Å². The molecule has 0 saturated heterocycles. The normalized spacial score (nSPS) is 11.9. The van der Waals surface area contributed by atoms with Gasteiger partial charge in [-0.1, -0.05) is 15.9 Å². The molecule has 0 radical (unpaired) electrons. The molecule has 126 valence electrons. The van der Waals surface area contributed by atoms with E-state index in [1.165, 1.54) is 0 Å². The third kappa shape index (κ3) is 4.98. The first kappa shape index (κ1) is 19.0. The molecule has 0 aliphatic heterocycles. The number of alkyl halides is 3. The molecule has 0 aliphatic rings. The molecule has 0 aliphatic carbocycles. The third-order valence-corrected chi connectivity index (χ3v) is 3.63. The lowest BCUT2D eigenvalue weighted by atomic mass is 10.1. The van der Waals surface area contributed by atoms with Gasteiger partial charge in [0.25, 0.3) is 0 Å². The number of ether oxygens (including phenoxy) is 2. The topological polar surface area (TPSA) is 64.6 Å². The minimum atomic E-state index is -4.57. The number of esters is 2. The van der Waals surface area contributed by atoms with Crippen LogP contribution in [0.15, 0.2) is 28.4 Å². The Morgan fingerprint density at radius 2 is 1.83 bits per heavy atom. The van der Waals surface area contributed by atoms with Crippen LogP contribution in [-0.2, 0) is 25.2 Å². The summed E-state index contributed by atoms with van der Waals surface area (Å²) in [6.45, 7) is 1.54. The molecule has 0 spiro atoms. The lowest BCUT2D eigenvalue weighted by molar-refractivity contribution is -0.138. The number of rotatable bonds is 4. The summed E-state index contributed by atoms with van der Waals surface area (Å²) in [5.41, 5.74) is -0.863. The molecule has 23 heavy (non-hydrogen) atoms. The predicted molar refractivity (Wildman–Crippen MR) is 79.6 cm³/mol. The van der Waals surface area contributed by atoms with Crippen LogP contribution in [0.2, 0.25) is 0 Å². The molecule has 0 bridgehead atoms. The van der Waals surface area contributed by atoms with Gasteiger partial charge >= 0.3 is 18.1 Å². The summed E-state index contributed by atoms with van der Waals surface area (Å²) >= 11 is 3.03. The van der Waals surface area contributed by atoms with Gasteiger partial charge in [-0.05, 0) is 24.6 Å². The average Bonchev–Trinajstić information content (AvgIpc) is 2.48. The van der Waals surface area contributed by atoms with E-state index >= 15 is 0 Å². The second-order valence-corrected chi connectivity index (χ2v) is 5.18. The van der Waals surface area contributed by atoms with Gasteiger partial charge in [-0.3, -0.25) is 0 Å². The summed E-state index contributed by atoms with van der Waals surface area (Å²) in [7, 11) is 2.17. The first-order valence-electron chi connectivity index (χ1n) is 6.12. The van der Waals surface area contributed by atoms with Crippen LogP contribution in [0.1, 0.15) is 11.1 Å². The number of carbonyl (C=O) groups is 2. The zero-order valence-electron chi connectivity index (χ0n) is 12.4. The molecule has 0 heterocycles. The van der Waals surface area contributed by atoms with Gasteiger partial charge in [0.2, 0.25) is 0 Å². The Bertz CT molecular complexity index is 656. The van der Waals surface area contributed by atoms with E-state index in [-0.39, 0.29) is 15.9 Å². The Balaban J connectivity index is 3.33. The zero-order chi connectivity index (χ0) is 17.8. The molecule has 0 atom stereocenters. The van der Waals surface area contributed by atoms with E-state index in [4.69, 9.17) is 0 Å². The molecule has 1 aromatic carbocycles. The van der Waals surface area contributed by atoms with Crippen molar-refractivity contribution in [3.63, 3.8) is 0 Å². The van der Waals surface area contributed by atoms with Gasteiger partial charge in [0.05, 0.1) is 25.9 Å². The van der Waals surface area contributed by atoms with Crippen LogP contribution in [0.3, 0.4) is 0 Å². The molecule has 5 nitrogen and oxygen atoms in total. The van der Waals surface area contributed by atoms with Gasteiger partial charge in [-0.25, -0.2) is 9.59 Å². The lowest BCUT2D eigenvalue weighted by Gasteiger charge is -2.16. The van der Waals surface area contributed by atoms with Crippen molar-refractivity contribution >= 4 is 33.6 Å². The molecule has 0 amide bonds. The van der Waals surface area contributed by atoms with Gasteiger partial charge < -0.3 is 14.8 Å². The summed E-state index contributed by atoms with van der Waals surface area (Å²) in [5, 5.41) is 2.47. The number of nitrogens with one attached hydrogen (secondary N) is 1. The van der Waals surface area contributed by atoms with Crippen molar-refractivity contribution in [3.05, 3.63) is 39.5 Å². The second-order valence-electron chi connectivity index (χ2n) is 4.33. The largest absolute Gasteiger partial charge is 0.466 e. The summed E-state index contributed by atoms with van der Waals surface area (Å²) < 4.78 is 47.7. The molecule has 1 aromatic rings. The minimum absolute atomic E-state index is 0.00717. The van der Waals surface area contributed by atoms with Gasteiger partial charge in [0.1, 0.15) is 5.70 Å². The monoisotopic (exact) mass is 395 g/mol. The Hall–Kier alpha value is -2.03. The fourth-order valence-electron chi connectivity index (χ4n) is 1.55. The second kappa shape index (κ2) is 7.49. The van der Waals surface area contributed by atoms with Crippen LogP contribution in [0.5, 0.6) is 0 Å². The van der Waals surface area contributed by atoms with Crippen LogP contribution in [0.25, 0.3) is 0 Å². The van der Waals surface area contributed by atoms with E-state index in [2.05, 4.69) is 30.7 Å². The molecular formula is C14H13BrF3NO4. The summed E-state index contributed by atoms with van der Waals surface area (Å²) in [6, 6.07) is 1.75. The molecule has 1 rings (SSSR count). The number of anilines is 1. The third-order valence-electron chi connectivity index (χ3n) is 2.81. The Kier molecular flexibility index (Phi) is 6.20. The van der Waals surface area contributed by atoms with Crippen molar-refractivity contribution in [1.82, 2.24) is 0 Å². The summed E-state index contributed by atoms with van der Waals surface area (Å²) in [5.74, 6) is -1.79. The van der Waals surface area contributed by atoms with Gasteiger partial charge in [0.15, 0.2) is 0 Å². The smallest absolute Gasteiger partial charge is 0.416 e. The molecule has 0 saturated carbocycles. The maximum Gasteiger partial charge on any atom is 0.416 e. The van der Waals surface area contributed by atoms with Gasteiger partial charge in [-0.15, -0.1) is 0 Å². The van der Waals surface area contributed by atoms with Crippen molar-refractivity contribution in [2.75, 3.05) is 19.5 Å². The fourth-order valence-corrected chi connectivity index (χ4v) is 2.01. The van der Waals surface area contributed by atoms with E-state index in [1.54, 1.807) is 6.92 Å². The van der Waals surface area contributed by atoms with E-state index in [9.17, 15) is 22.8 Å². The van der Waals surface area contributed by atoms with E-state index in [0.29, 0.717) is 5.56 Å². The van der Waals surface area contributed by atoms with Crippen LogP contribution >= 0.6 is 15.9 Å². The number of benzene rings is 1. The summed E-state index contributed by atoms with van der Waals surface area (Å²) in [4.78, 5) is 22.9. The lowest BCUT2D eigenvalue weighted by Crippen LogP contribution is -2.17. The van der Waals surface area contributed by atoms with Crippen LogP contribution in [-0.4, -0.2) is 26.2 Å². The number of carbonyl (C=O) groups excluding carboxylic acids is 2. The van der Waals surface area contributed by atoms with Gasteiger partial charge in [-0.2, -0.15) is 13.2 Å². The fraction of sp³-hybridized carbons (Fsp3) is 0.286. The molecule has 0 unspecified atom stereocenters. The molecule has 9 heteroatoms. The Morgan fingerprint density at radius 1 is 1.22 bits per heavy atom. The average molecular weight is 396 g/mol. The number of hydrogen-bond acceptors (Lipinski definition) is 5. The quantitative estimate of drug-likeness (QED) is 0.624. The van der Waals surface area contributed by atoms with E-state index < -0.39 is 23.7 Å². The maximum absolute atomic E-state index is 12.9. The highest BCUT2D eigenvalue weighted by Crippen LogP contribution is 2.36. The Labute approximate surface area is 138 Å². The van der Waals surface area contributed by atoms with Crippen molar-refractivity contribution in [2.45, 2.75) is 13.1 Å². The van der Waals surface area contributed by atoms with Crippen LogP contribution in [0, 0.1) is 6.92 Å². The number of methoxy groups -OCH3 is 2. The molecule has 1 N–H and O–H groups in total. The van der Waals surface area contributed by atoms with E-state index in [0.717, 1.165) is 32.4 Å². The summed E-state index contributed by atoms with van der Waals surface area (Å²) in [6.07, 6.45) is -3.77. The number of halogens is 4. The van der Waals surface area contributed by atoms with Crippen LogP contribution in [0.4, 0.5) is 18.9 Å². The zero-order valence-corrected chi connectivity index (χ0v) is 14.0. The highest BCUT2D eigenvalue weighted by Gasteiger charge is 2.32. The highest BCUT2D eigenvalue weighted by molar-refractivity contribution is 9.10. The van der Waals surface area contributed by atoms with Crippen molar-refractivity contribution < 1.29 is 32.2 Å². The highest BCUT2D eigenvalue weighted by atomic mass is 79.9. The minimum Gasteiger partial charge on any atom is -0.466 e. The first-order valence-corrected chi connectivity index (χ1v) is 6.91. The van der Waals surface area contributed by atoms with Crippen LogP contribution < -0.4 is 5.32 Å². The SMILES string of the molecule is COC(=O)/C=C(/Nc1cc(C(F)(F)F)cc(Br)c1C)C(=O)OC. The molecule has 0 aromatic heterocycles. The first-order chi connectivity index (χ1) is 10.6. The molecular weight excluding hydrogens is 383 g/mol. The van der Waals surface area contributed by atoms with Gasteiger partial charge in [0, 0.05) is 10.2 Å². The van der Waals surface area contributed by atoms with Crippen molar-refractivity contribution in [1.29, 1.82) is 0 Å². The Morgan fingerprint density at radius 3 is 2.30 bits per heavy atom.